The first-order valence-electron chi connectivity index (χ1n) is 7.25. The normalized spacial score (nSPS) is 13.6. The summed E-state index contributed by atoms with van der Waals surface area (Å²) in [7, 11) is 1.70. The van der Waals surface area contributed by atoms with E-state index in [2.05, 4.69) is 36.6 Å². The number of methoxy groups -OCH3 is 1. The summed E-state index contributed by atoms with van der Waals surface area (Å²) in [5.41, 5.74) is 3.16. The Balaban J connectivity index is 0.00000242. The molecule has 0 amide bonds. The molecule has 0 saturated carbocycles. The second kappa shape index (κ2) is 9.99. The zero-order valence-corrected chi connectivity index (χ0v) is 16.2. The van der Waals surface area contributed by atoms with E-state index in [0.717, 1.165) is 42.3 Å². The maximum absolute atomic E-state index is 5.67. The van der Waals surface area contributed by atoms with Crippen molar-refractivity contribution >= 4 is 5.70 Å². The Kier molecular flexibility index (Phi) is 8.69. The van der Waals surface area contributed by atoms with Gasteiger partial charge < -0.3 is 14.4 Å². The first-order valence-corrected chi connectivity index (χ1v) is 7.25. The van der Waals surface area contributed by atoms with E-state index in [9.17, 15) is 0 Å². The van der Waals surface area contributed by atoms with Crippen molar-refractivity contribution in [3.05, 3.63) is 60.3 Å². The fourth-order valence-electron chi connectivity index (χ4n) is 2.23. The van der Waals surface area contributed by atoms with Gasteiger partial charge in [-0.3, -0.25) is 0 Å². The van der Waals surface area contributed by atoms with E-state index in [4.69, 9.17) is 9.47 Å². The monoisotopic (exact) mass is 373 g/mol. The first-order chi connectivity index (χ1) is 10.3. The van der Waals surface area contributed by atoms with Crippen LogP contribution in [0.1, 0.15) is 18.9 Å². The van der Waals surface area contributed by atoms with Gasteiger partial charge >= 0.3 is 0 Å². The minimum atomic E-state index is 0. The van der Waals surface area contributed by atoms with Gasteiger partial charge in [-0.1, -0.05) is 17.8 Å². The van der Waals surface area contributed by atoms with Crippen LogP contribution in [0, 0.1) is 6.08 Å². The van der Waals surface area contributed by atoms with Crippen molar-refractivity contribution in [2.75, 3.05) is 26.9 Å². The number of nitrogens with zero attached hydrogens (tertiary/aromatic N) is 1. The van der Waals surface area contributed by atoms with Gasteiger partial charge in [0, 0.05) is 59.4 Å². The van der Waals surface area contributed by atoms with E-state index in [0.29, 0.717) is 6.61 Å². The van der Waals surface area contributed by atoms with Gasteiger partial charge in [0.1, 0.15) is 5.75 Å². The molecule has 2 rings (SSSR count). The average molecular weight is 373 g/mol. The molecule has 0 spiro atoms. The molecule has 115 valence electrons. The molecule has 1 aliphatic heterocycles. The molecule has 0 unspecified atom stereocenters. The average Bonchev–Trinajstić information content (AvgIpc) is 2.52. The number of hydrogen-bond acceptors (Lipinski definition) is 3. The van der Waals surface area contributed by atoms with E-state index in [1.165, 1.54) is 0 Å². The Morgan fingerprint density at radius 1 is 1.18 bits per heavy atom. The largest absolute Gasteiger partial charge is 0.494 e. The molecular weight excluding hydrogens is 351 g/mol. The molecule has 0 aromatic heterocycles. The molecule has 1 aromatic rings. The predicted molar refractivity (Wildman–Crippen MR) is 85.7 cm³/mol. The fourth-order valence-corrected chi connectivity index (χ4v) is 2.23. The van der Waals surface area contributed by atoms with Gasteiger partial charge in [-0.2, -0.15) is 12.2 Å². The summed E-state index contributed by atoms with van der Waals surface area (Å²) in [6.07, 6.45) is 8.07. The van der Waals surface area contributed by atoms with Crippen molar-refractivity contribution in [1.82, 2.24) is 4.90 Å². The first kappa shape index (κ1) is 19.2. The van der Waals surface area contributed by atoms with Crippen molar-refractivity contribution in [2.45, 2.75) is 13.3 Å². The number of ether oxygens (including phenoxy) is 2. The molecule has 0 saturated heterocycles. The summed E-state index contributed by atoms with van der Waals surface area (Å²) < 4.78 is 10.7. The Bertz CT molecular complexity index is 535. The number of rotatable bonds is 7. The second-order valence-electron chi connectivity index (χ2n) is 4.78. The molecule has 1 aliphatic rings. The van der Waals surface area contributed by atoms with Gasteiger partial charge in [0.2, 0.25) is 0 Å². The summed E-state index contributed by atoms with van der Waals surface area (Å²) in [6, 6.07) is 8.10. The summed E-state index contributed by atoms with van der Waals surface area (Å²) >= 11 is 0. The van der Waals surface area contributed by atoms with Crippen LogP contribution in [0.3, 0.4) is 0 Å². The van der Waals surface area contributed by atoms with Crippen LogP contribution in [0.15, 0.2) is 48.7 Å². The molecule has 3 nitrogen and oxygen atoms in total. The SMILES string of the molecule is C=C1C=C[C-]=C(c2ccc(OCCCOC)cc2)N1CC.[Y]. The van der Waals surface area contributed by atoms with Crippen molar-refractivity contribution in [1.29, 1.82) is 0 Å². The molecule has 4 heteroatoms. The molecule has 0 N–H and O–H groups in total. The van der Waals surface area contributed by atoms with Crippen LogP contribution in [-0.2, 0) is 37.4 Å². The van der Waals surface area contributed by atoms with Gasteiger partial charge in [-0.15, -0.1) is 18.2 Å². The van der Waals surface area contributed by atoms with E-state index in [-0.39, 0.29) is 32.7 Å². The third kappa shape index (κ3) is 5.08. The summed E-state index contributed by atoms with van der Waals surface area (Å²) in [5, 5.41) is 0. The maximum Gasteiger partial charge on any atom is 0.117 e. The Hall–Kier alpha value is -0.896. The number of likely N-dealkylation sites (N-methyl/N-ethyl adjacent to an activating group) is 1. The zero-order chi connectivity index (χ0) is 15.1. The standard InChI is InChI=1S/C18H22NO2.Y/c1-4-19-15(2)7-5-8-18(19)16-9-11-17(12-10-16)21-14-6-13-20-3;/h5,7,9-12H,2,4,6,13-14H2,1,3H3;/q-1;. The van der Waals surface area contributed by atoms with Gasteiger partial charge in [-0.05, 0) is 24.8 Å². The molecule has 1 aromatic carbocycles. The van der Waals surface area contributed by atoms with Crippen LogP contribution in [0.5, 0.6) is 5.75 Å². The van der Waals surface area contributed by atoms with Crippen LogP contribution in [-0.4, -0.2) is 31.8 Å². The van der Waals surface area contributed by atoms with Crippen LogP contribution < -0.4 is 4.74 Å². The van der Waals surface area contributed by atoms with Crippen LogP contribution in [0.4, 0.5) is 0 Å². The van der Waals surface area contributed by atoms with Gasteiger partial charge in [0.25, 0.3) is 0 Å². The van der Waals surface area contributed by atoms with E-state index < -0.39 is 0 Å². The maximum atomic E-state index is 5.67. The molecule has 0 bridgehead atoms. The van der Waals surface area contributed by atoms with Gasteiger partial charge in [0.05, 0.1) is 6.61 Å². The summed E-state index contributed by atoms with van der Waals surface area (Å²) in [5.74, 6) is 0.878. The van der Waals surface area contributed by atoms with Crippen molar-refractivity contribution in [3.8, 4) is 5.75 Å². The minimum Gasteiger partial charge on any atom is -0.494 e. The van der Waals surface area contributed by atoms with Crippen molar-refractivity contribution in [2.24, 2.45) is 0 Å². The Morgan fingerprint density at radius 2 is 1.91 bits per heavy atom. The zero-order valence-electron chi connectivity index (χ0n) is 13.3. The topological polar surface area (TPSA) is 21.7 Å². The smallest absolute Gasteiger partial charge is 0.117 e. The molecular formula is C18H22NO2Y-. The van der Waals surface area contributed by atoms with Crippen molar-refractivity contribution in [3.63, 3.8) is 0 Å². The third-order valence-corrected chi connectivity index (χ3v) is 3.32. The predicted octanol–water partition coefficient (Wildman–Crippen LogP) is 3.65. The summed E-state index contributed by atoms with van der Waals surface area (Å²) in [4.78, 5) is 2.15. The van der Waals surface area contributed by atoms with Crippen molar-refractivity contribution < 1.29 is 42.2 Å². The Labute approximate surface area is 158 Å². The van der Waals surface area contributed by atoms with Crippen LogP contribution in [0.2, 0.25) is 0 Å². The fraction of sp³-hybridized carbons (Fsp3) is 0.333. The summed E-state index contributed by atoms with van der Waals surface area (Å²) in [6.45, 7) is 8.44. The number of allylic oxidation sites excluding steroid dienone is 3. The third-order valence-electron chi connectivity index (χ3n) is 3.32. The molecule has 22 heavy (non-hydrogen) atoms. The number of benzene rings is 1. The van der Waals surface area contributed by atoms with Gasteiger partial charge in [0.15, 0.2) is 0 Å². The quantitative estimate of drug-likeness (QED) is 0.538. The van der Waals surface area contributed by atoms with Crippen LogP contribution >= 0.6 is 0 Å². The van der Waals surface area contributed by atoms with E-state index in [1.807, 2.05) is 24.3 Å². The molecule has 1 heterocycles. The molecule has 1 radical (unpaired) electrons. The van der Waals surface area contributed by atoms with Gasteiger partial charge in [-0.25, -0.2) is 0 Å². The molecule has 0 aliphatic carbocycles. The molecule has 0 fully saturated rings. The minimum absolute atomic E-state index is 0. The molecule has 0 atom stereocenters. The second-order valence-corrected chi connectivity index (χ2v) is 4.78. The van der Waals surface area contributed by atoms with E-state index in [1.54, 1.807) is 7.11 Å². The Morgan fingerprint density at radius 3 is 2.55 bits per heavy atom. The number of hydrogen-bond donors (Lipinski definition) is 0. The van der Waals surface area contributed by atoms with E-state index >= 15 is 0 Å². The van der Waals surface area contributed by atoms with Crippen LogP contribution in [0.25, 0.3) is 5.70 Å².